The molecule has 1 aromatic heterocycles. The van der Waals surface area contributed by atoms with Crippen molar-refractivity contribution >= 4 is 23.3 Å². The molecule has 1 amide bonds. The summed E-state index contributed by atoms with van der Waals surface area (Å²) in [5.41, 5.74) is 3.16. The Balaban J connectivity index is 1.75. The maximum absolute atomic E-state index is 12.8. The molecule has 4 nitrogen and oxygen atoms in total. The molecule has 0 unspecified atom stereocenters. The molecule has 1 saturated heterocycles. The zero-order chi connectivity index (χ0) is 17.3. The van der Waals surface area contributed by atoms with Gasteiger partial charge in [-0.2, -0.15) is 0 Å². The summed E-state index contributed by atoms with van der Waals surface area (Å²) >= 11 is 5.99. The quantitative estimate of drug-likeness (QED) is 0.855. The fourth-order valence-electron chi connectivity index (χ4n) is 3.36. The van der Waals surface area contributed by atoms with E-state index in [-0.39, 0.29) is 17.6 Å². The molecule has 0 saturated carbocycles. The topological polar surface area (TPSA) is 53.2 Å². The summed E-state index contributed by atoms with van der Waals surface area (Å²) in [7, 11) is 0. The molecule has 1 atom stereocenters. The van der Waals surface area contributed by atoms with E-state index in [0.29, 0.717) is 29.4 Å². The third kappa shape index (κ3) is 3.39. The SMILES string of the molecule is Cc1cc(C)c(C(=O)N2CCC[C@@H](C(=O)c3cccc(Cl)c3)C2)[nH]1. The number of rotatable bonds is 3. The van der Waals surface area contributed by atoms with Crippen molar-refractivity contribution in [2.75, 3.05) is 13.1 Å². The second kappa shape index (κ2) is 6.81. The highest BCUT2D eigenvalue weighted by molar-refractivity contribution is 6.31. The highest BCUT2D eigenvalue weighted by atomic mass is 35.5. The number of hydrogen-bond acceptors (Lipinski definition) is 2. The number of halogens is 1. The summed E-state index contributed by atoms with van der Waals surface area (Å²) in [6.07, 6.45) is 1.64. The predicted molar refractivity (Wildman–Crippen MR) is 94.7 cm³/mol. The monoisotopic (exact) mass is 344 g/mol. The van der Waals surface area contributed by atoms with Crippen LogP contribution in [0.2, 0.25) is 5.02 Å². The number of H-pyrrole nitrogens is 1. The fourth-order valence-corrected chi connectivity index (χ4v) is 3.55. The van der Waals surface area contributed by atoms with Gasteiger partial charge in [0.25, 0.3) is 5.91 Å². The van der Waals surface area contributed by atoms with Crippen LogP contribution in [0, 0.1) is 19.8 Å². The van der Waals surface area contributed by atoms with Crippen molar-refractivity contribution in [3.8, 4) is 0 Å². The molecule has 1 aromatic carbocycles. The van der Waals surface area contributed by atoms with Gasteiger partial charge < -0.3 is 9.88 Å². The lowest BCUT2D eigenvalue weighted by molar-refractivity contribution is 0.0632. The van der Waals surface area contributed by atoms with E-state index in [1.165, 1.54) is 0 Å². The van der Waals surface area contributed by atoms with Crippen LogP contribution in [0.15, 0.2) is 30.3 Å². The number of benzene rings is 1. The van der Waals surface area contributed by atoms with Gasteiger partial charge in [-0.25, -0.2) is 0 Å². The number of nitrogens with one attached hydrogen (secondary N) is 1. The molecule has 3 rings (SSSR count). The minimum atomic E-state index is -0.169. The van der Waals surface area contributed by atoms with E-state index in [9.17, 15) is 9.59 Å². The fraction of sp³-hybridized carbons (Fsp3) is 0.368. The van der Waals surface area contributed by atoms with Crippen LogP contribution in [0.5, 0.6) is 0 Å². The largest absolute Gasteiger partial charge is 0.354 e. The minimum absolute atomic E-state index is 0.0239. The zero-order valence-electron chi connectivity index (χ0n) is 13.9. The van der Waals surface area contributed by atoms with E-state index in [1.54, 1.807) is 29.2 Å². The average Bonchev–Trinajstić information content (AvgIpc) is 2.92. The minimum Gasteiger partial charge on any atom is -0.354 e. The molecule has 0 spiro atoms. The Kier molecular flexibility index (Phi) is 4.76. The summed E-state index contributed by atoms with van der Waals surface area (Å²) in [4.78, 5) is 30.4. The Morgan fingerprint density at radius 1 is 1.25 bits per heavy atom. The second-order valence-electron chi connectivity index (χ2n) is 6.48. The number of likely N-dealkylation sites (tertiary alicyclic amines) is 1. The number of piperidine rings is 1. The maximum atomic E-state index is 12.8. The van der Waals surface area contributed by atoms with E-state index < -0.39 is 0 Å². The predicted octanol–water partition coefficient (Wildman–Crippen LogP) is 4.02. The van der Waals surface area contributed by atoms with Crippen LogP contribution in [0.1, 0.15) is 44.9 Å². The van der Waals surface area contributed by atoms with Crippen molar-refractivity contribution in [1.82, 2.24) is 9.88 Å². The molecule has 5 heteroatoms. The van der Waals surface area contributed by atoms with Gasteiger partial charge in [-0.05, 0) is 50.5 Å². The zero-order valence-corrected chi connectivity index (χ0v) is 14.7. The summed E-state index contributed by atoms with van der Waals surface area (Å²) < 4.78 is 0. The first-order valence-corrected chi connectivity index (χ1v) is 8.59. The highest BCUT2D eigenvalue weighted by Gasteiger charge is 2.30. The Bertz CT molecular complexity index is 781. The van der Waals surface area contributed by atoms with E-state index in [0.717, 1.165) is 24.1 Å². The van der Waals surface area contributed by atoms with Gasteiger partial charge in [0.1, 0.15) is 5.69 Å². The molecule has 1 aliphatic rings. The molecule has 0 bridgehead atoms. The Hall–Kier alpha value is -2.07. The van der Waals surface area contributed by atoms with Crippen LogP contribution in [-0.2, 0) is 0 Å². The van der Waals surface area contributed by atoms with Gasteiger partial charge in [-0.15, -0.1) is 0 Å². The van der Waals surface area contributed by atoms with Crippen molar-refractivity contribution in [3.05, 3.63) is 57.9 Å². The molecule has 2 aromatic rings. The van der Waals surface area contributed by atoms with Crippen molar-refractivity contribution < 1.29 is 9.59 Å². The lowest BCUT2D eigenvalue weighted by Crippen LogP contribution is -2.42. The molecule has 1 fully saturated rings. The van der Waals surface area contributed by atoms with Crippen LogP contribution in [0.4, 0.5) is 0 Å². The normalized spacial score (nSPS) is 17.8. The van der Waals surface area contributed by atoms with E-state index in [1.807, 2.05) is 19.9 Å². The molecule has 1 N–H and O–H groups in total. The van der Waals surface area contributed by atoms with E-state index in [4.69, 9.17) is 11.6 Å². The summed E-state index contributed by atoms with van der Waals surface area (Å²) in [5, 5.41) is 0.557. The van der Waals surface area contributed by atoms with Crippen LogP contribution in [0.3, 0.4) is 0 Å². The molecule has 126 valence electrons. The Labute approximate surface area is 146 Å². The first-order chi connectivity index (χ1) is 11.5. The van der Waals surface area contributed by atoms with Gasteiger partial charge in [0, 0.05) is 35.3 Å². The third-order valence-corrected chi connectivity index (χ3v) is 4.79. The summed E-state index contributed by atoms with van der Waals surface area (Å²) in [6, 6.07) is 8.99. The van der Waals surface area contributed by atoms with Crippen molar-refractivity contribution in [2.24, 2.45) is 5.92 Å². The van der Waals surface area contributed by atoms with Crippen LogP contribution >= 0.6 is 11.6 Å². The van der Waals surface area contributed by atoms with Gasteiger partial charge >= 0.3 is 0 Å². The molecule has 2 heterocycles. The van der Waals surface area contributed by atoms with Crippen molar-refractivity contribution in [1.29, 1.82) is 0 Å². The van der Waals surface area contributed by atoms with Gasteiger partial charge in [0.2, 0.25) is 0 Å². The smallest absolute Gasteiger partial charge is 0.270 e. The van der Waals surface area contributed by atoms with Gasteiger partial charge in [-0.1, -0.05) is 23.7 Å². The van der Waals surface area contributed by atoms with Crippen molar-refractivity contribution in [3.63, 3.8) is 0 Å². The molecule has 0 radical (unpaired) electrons. The highest BCUT2D eigenvalue weighted by Crippen LogP contribution is 2.24. The average molecular weight is 345 g/mol. The number of aromatic amines is 1. The lowest BCUT2D eigenvalue weighted by atomic mass is 9.90. The molecular formula is C19H21ClN2O2. The standard InChI is InChI=1S/C19H21ClN2O2/c1-12-9-13(2)21-17(12)19(24)22-8-4-6-15(11-22)18(23)14-5-3-7-16(20)10-14/h3,5,7,9-10,15,21H,4,6,8,11H2,1-2H3/t15-/m1/s1. The van der Waals surface area contributed by atoms with Gasteiger partial charge in [0.15, 0.2) is 5.78 Å². The third-order valence-electron chi connectivity index (χ3n) is 4.55. The second-order valence-corrected chi connectivity index (χ2v) is 6.91. The number of carbonyl (C=O) groups excluding carboxylic acids is 2. The number of carbonyl (C=O) groups is 2. The van der Waals surface area contributed by atoms with E-state index in [2.05, 4.69) is 4.98 Å². The number of amides is 1. The number of ketones is 1. The molecular weight excluding hydrogens is 324 g/mol. The number of aryl methyl sites for hydroxylation is 2. The molecule has 1 aliphatic heterocycles. The Morgan fingerprint density at radius 3 is 2.71 bits per heavy atom. The number of Topliss-reactive ketones (excluding diaryl/α,β-unsaturated/α-hetero) is 1. The van der Waals surface area contributed by atoms with Crippen LogP contribution in [-0.4, -0.2) is 34.7 Å². The maximum Gasteiger partial charge on any atom is 0.270 e. The number of nitrogens with zero attached hydrogens (tertiary/aromatic N) is 1. The molecule has 24 heavy (non-hydrogen) atoms. The van der Waals surface area contributed by atoms with Crippen molar-refractivity contribution in [2.45, 2.75) is 26.7 Å². The molecule has 0 aliphatic carbocycles. The lowest BCUT2D eigenvalue weighted by Gasteiger charge is -2.32. The summed E-state index contributed by atoms with van der Waals surface area (Å²) in [6.45, 7) is 5.01. The first kappa shape index (κ1) is 16.8. The van der Waals surface area contributed by atoms with Gasteiger partial charge in [-0.3, -0.25) is 9.59 Å². The van der Waals surface area contributed by atoms with Crippen LogP contribution < -0.4 is 0 Å². The first-order valence-electron chi connectivity index (χ1n) is 8.21. The van der Waals surface area contributed by atoms with E-state index >= 15 is 0 Å². The Morgan fingerprint density at radius 2 is 2.04 bits per heavy atom. The van der Waals surface area contributed by atoms with Gasteiger partial charge in [0.05, 0.1) is 0 Å². The van der Waals surface area contributed by atoms with Crippen LogP contribution in [0.25, 0.3) is 0 Å². The summed E-state index contributed by atoms with van der Waals surface area (Å²) in [5.74, 6) is -0.129. The number of aromatic nitrogens is 1. The number of hydrogen-bond donors (Lipinski definition) is 1.